The number of hydrogen-bond donors (Lipinski definition) is 0. The van der Waals surface area contributed by atoms with Gasteiger partial charge in [-0.3, -0.25) is 19.4 Å². The van der Waals surface area contributed by atoms with Crippen LogP contribution in [0.3, 0.4) is 0 Å². The molecule has 0 unspecified atom stereocenters. The Morgan fingerprint density at radius 1 is 0.878 bits per heavy atom. The maximum absolute atomic E-state index is 15.8. The van der Waals surface area contributed by atoms with Crippen LogP contribution in [0.1, 0.15) is 43.7 Å². The summed E-state index contributed by atoms with van der Waals surface area (Å²) in [7, 11) is 0. The van der Waals surface area contributed by atoms with Gasteiger partial charge in [0.15, 0.2) is 0 Å². The topological polar surface area (TPSA) is 56.3 Å². The molecule has 0 radical (unpaired) electrons. The summed E-state index contributed by atoms with van der Waals surface area (Å²) in [6.07, 6.45) is 13.0. The smallest absolute Gasteiger partial charge is 0.250 e. The van der Waals surface area contributed by atoms with Crippen molar-refractivity contribution in [3.8, 4) is 0 Å². The monoisotopic (exact) mass is 650 g/mol. The highest BCUT2D eigenvalue weighted by Crippen LogP contribution is 2.70. The van der Waals surface area contributed by atoms with E-state index in [9.17, 15) is 4.79 Å². The van der Waals surface area contributed by atoms with E-state index in [0.717, 1.165) is 44.6 Å². The van der Waals surface area contributed by atoms with Crippen molar-refractivity contribution in [3.63, 3.8) is 0 Å². The summed E-state index contributed by atoms with van der Waals surface area (Å²) in [5.41, 5.74) is 7.85. The summed E-state index contributed by atoms with van der Waals surface area (Å²) in [6.45, 7) is 5.88. The second-order valence-electron chi connectivity index (χ2n) is 17.3. The average molecular weight is 651 g/mol. The SMILES string of the molecule is C/C=C1/CN2[C@@H]([C@@H]3C(=O)N4c5ccccc5[C@@]56CCN7CC8=CCO[C@@H]3[C@@H]([C@H]45)[C@H]8C[C@H]76)C[C@]34c5ccccc5N5C(=O)C=C[C@H]([C@H]53)[C@H]1C[C@H]24. The number of anilines is 2. The van der Waals surface area contributed by atoms with E-state index in [2.05, 4.69) is 93.3 Å². The molecule has 9 aliphatic heterocycles. The first-order valence-electron chi connectivity index (χ1n) is 19.0. The first-order valence-corrected chi connectivity index (χ1v) is 19.0. The van der Waals surface area contributed by atoms with Crippen LogP contribution in [0.25, 0.3) is 0 Å². The molecule has 0 aromatic heterocycles. The van der Waals surface area contributed by atoms with Gasteiger partial charge in [-0.1, -0.05) is 65.8 Å². The van der Waals surface area contributed by atoms with E-state index in [1.165, 1.54) is 28.8 Å². The van der Waals surface area contributed by atoms with Crippen LogP contribution in [0, 0.1) is 29.6 Å². The molecule has 13 atom stereocenters. The van der Waals surface area contributed by atoms with Gasteiger partial charge in [-0.2, -0.15) is 0 Å². The van der Waals surface area contributed by atoms with Crippen LogP contribution >= 0.6 is 0 Å². The van der Waals surface area contributed by atoms with E-state index < -0.39 is 0 Å². The molecule has 5 saturated heterocycles. The zero-order chi connectivity index (χ0) is 32.1. The van der Waals surface area contributed by atoms with Crippen LogP contribution in [0.5, 0.6) is 0 Å². The number of ether oxygens (including phenoxy) is 1. The Labute approximate surface area is 287 Å². The van der Waals surface area contributed by atoms with Crippen molar-refractivity contribution in [1.29, 1.82) is 0 Å². The molecule has 2 spiro atoms. The fourth-order valence-corrected chi connectivity index (χ4v) is 15.2. The van der Waals surface area contributed by atoms with Gasteiger partial charge in [0.1, 0.15) is 0 Å². The number of para-hydroxylation sites is 2. The maximum atomic E-state index is 15.8. The number of hydrogen-bond acceptors (Lipinski definition) is 5. The fourth-order valence-electron chi connectivity index (χ4n) is 15.2. The zero-order valence-corrected chi connectivity index (χ0v) is 27.9. The third-order valence-electron chi connectivity index (χ3n) is 16.4. The summed E-state index contributed by atoms with van der Waals surface area (Å²) < 4.78 is 7.14. The van der Waals surface area contributed by atoms with Crippen molar-refractivity contribution < 1.29 is 14.3 Å². The molecule has 13 rings (SSSR count). The number of rotatable bonds is 1. The lowest BCUT2D eigenvalue weighted by atomic mass is 9.52. The van der Waals surface area contributed by atoms with Gasteiger partial charge in [0.2, 0.25) is 5.91 Å². The molecule has 2 saturated carbocycles. The normalized spacial score (nSPS) is 48.1. The molecule has 248 valence electrons. The molecule has 7 nitrogen and oxygen atoms in total. The lowest BCUT2D eigenvalue weighted by Crippen LogP contribution is -2.73. The predicted molar refractivity (Wildman–Crippen MR) is 185 cm³/mol. The summed E-state index contributed by atoms with van der Waals surface area (Å²) in [5, 5.41) is 0. The van der Waals surface area contributed by atoms with Crippen LogP contribution in [0.15, 0.2) is 84.0 Å². The van der Waals surface area contributed by atoms with Gasteiger partial charge in [-0.15, -0.1) is 0 Å². The average Bonchev–Trinajstić information content (AvgIpc) is 3.82. The maximum Gasteiger partial charge on any atom is 0.250 e. The minimum absolute atomic E-state index is 0.0123. The number of nitrogens with zero attached hydrogens (tertiary/aromatic N) is 4. The summed E-state index contributed by atoms with van der Waals surface area (Å²) in [6, 6.07) is 18.8. The number of carbonyl (C=O) groups is 2. The van der Waals surface area contributed by atoms with Gasteiger partial charge in [0.05, 0.1) is 30.7 Å². The lowest BCUT2D eigenvalue weighted by molar-refractivity contribution is -0.149. The molecular weight excluding hydrogens is 608 g/mol. The number of fused-ring (bicyclic) bond motifs is 6. The minimum atomic E-state index is -0.252. The molecule has 2 aromatic rings. The van der Waals surface area contributed by atoms with Crippen LogP contribution in [0.4, 0.5) is 11.4 Å². The first-order chi connectivity index (χ1) is 24.1. The summed E-state index contributed by atoms with van der Waals surface area (Å²) in [5.74, 6) is 1.61. The fraction of sp³-hybridized carbons (Fsp3) is 0.524. The number of piperidine rings is 3. The Morgan fingerprint density at radius 3 is 2.49 bits per heavy atom. The predicted octanol–water partition coefficient (Wildman–Crippen LogP) is 4.58. The van der Waals surface area contributed by atoms with Gasteiger partial charge in [0.25, 0.3) is 5.91 Å². The van der Waals surface area contributed by atoms with Crippen LogP contribution < -0.4 is 9.80 Å². The third kappa shape index (κ3) is 2.76. The molecule has 49 heavy (non-hydrogen) atoms. The Bertz CT molecular complexity index is 2020. The number of amides is 2. The molecule has 2 aromatic carbocycles. The van der Waals surface area contributed by atoms with Gasteiger partial charge < -0.3 is 14.5 Å². The Balaban J connectivity index is 1.02. The largest absolute Gasteiger partial charge is 0.373 e. The lowest BCUT2D eigenvalue weighted by Gasteiger charge is -2.61. The standard InChI is InChI=1S/C42H42N4O3/c1-2-22-21-44-31(19-42-28-8-4-5-9-29(28)45-34(47)12-11-24(38(42)45)25(22)17-33(42)44)36-37-35-26-18-32-41(14-15-43(32)20-23(26)13-16-49-37)27-7-3-6-10-30(27)46(39(35)41)40(36)48/h2-13,24-26,31-33,35-39H,14-21H2,1H3/b22-2-/t24-,25-,26-,31+,32-,33-,35-,36-,37+,38-,39-,41+,42+/m0/s1. The Morgan fingerprint density at radius 2 is 1.65 bits per heavy atom. The van der Waals surface area contributed by atoms with Crippen molar-refractivity contribution in [2.24, 2.45) is 29.6 Å². The summed E-state index contributed by atoms with van der Waals surface area (Å²) in [4.78, 5) is 39.7. The quantitative estimate of drug-likeness (QED) is 0.424. The second kappa shape index (κ2) is 8.67. The number of carbonyl (C=O) groups excluding carboxylic acids is 2. The molecule has 9 heterocycles. The molecule has 7 heteroatoms. The molecule has 2 amide bonds. The number of allylic oxidation sites excluding steroid dienone is 1. The van der Waals surface area contributed by atoms with Gasteiger partial charge in [-0.05, 0) is 80.3 Å². The van der Waals surface area contributed by atoms with E-state index in [1.807, 2.05) is 6.08 Å². The number of benzene rings is 2. The van der Waals surface area contributed by atoms with Crippen LogP contribution in [-0.4, -0.2) is 84.2 Å². The second-order valence-corrected chi connectivity index (χ2v) is 17.3. The highest BCUT2D eigenvalue weighted by atomic mass is 16.5. The van der Waals surface area contributed by atoms with E-state index >= 15 is 4.79 Å². The van der Waals surface area contributed by atoms with E-state index in [-0.39, 0.29) is 58.8 Å². The first kappa shape index (κ1) is 27.2. The highest BCUT2D eigenvalue weighted by molar-refractivity contribution is 6.06. The third-order valence-corrected chi connectivity index (χ3v) is 16.4. The molecule has 11 aliphatic rings. The summed E-state index contributed by atoms with van der Waals surface area (Å²) >= 11 is 0. The van der Waals surface area contributed by atoms with Crippen molar-refractivity contribution in [2.45, 2.75) is 79.8 Å². The zero-order valence-electron chi connectivity index (χ0n) is 27.9. The molecule has 4 bridgehead atoms. The minimum Gasteiger partial charge on any atom is -0.373 e. The molecule has 0 N–H and O–H groups in total. The highest BCUT2D eigenvalue weighted by Gasteiger charge is 2.76. The van der Waals surface area contributed by atoms with Crippen molar-refractivity contribution in [1.82, 2.24) is 9.80 Å². The Hall–Kier alpha value is -3.52. The molecule has 7 fully saturated rings. The van der Waals surface area contributed by atoms with Gasteiger partial charge in [0, 0.05) is 65.3 Å². The van der Waals surface area contributed by atoms with Crippen molar-refractivity contribution >= 4 is 23.2 Å². The van der Waals surface area contributed by atoms with Crippen LogP contribution in [0.2, 0.25) is 0 Å². The van der Waals surface area contributed by atoms with E-state index in [0.29, 0.717) is 36.3 Å². The molecular formula is C42H42N4O3. The molecule has 2 aliphatic carbocycles. The van der Waals surface area contributed by atoms with E-state index in [4.69, 9.17) is 4.74 Å². The van der Waals surface area contributed by atoms with Gasteiger partial charge >= 0.3 is 0 Å². The van der Waals surface area contributed by atoms with Crippen LogP contribution in [-0.2, 0) is 25.2 Å². The Kier molecular flexibility index (Phi) is 4.82. The van der Waals surface area contributed by atoms with E-state index in [1.54, 1.807) is 5.57 Å². The van der Waals surface area contributed by atoms with Gasteiger partial charge in [-0.25, -0.2) is 0 Å². The van der Waals surface area contributed by atoms with Crippen molar-refractivity contribution in [3.05, 3.63) is 95.1 Å². The van der Waals surface area contributed by atoms with Crippen molar-refractivity contribution in [2.75, 3.05) is 36.0 Å².